The maximum Gasteiger partial charge on any atom is 0.325 e. The summed E-state index contributed by atoms with van der Waals surface area (Å²) in [5, 5.41) is 9.41. The molecule has 19 heavy (non-hydrogen) atoms. The Morgan fingerprint density at radius 2 is 2.05 bits per heavy atom. The quantitative estimate of drug-likeness (QED) is 0.895. The van der Waals surface area contributed by atoms with E-state index in [0.29, 0.717) is 22.2 Å². The standard InChI is InChI=1S/C14H17FN2O2/c1-7(2)17-8(3)11(13(16)14(18)19)12-9(15)5-4-6-10(12)17/h4-7,13H,16H2,1-3H3,(H,18,19). The summed E-state index contributed by atoms with van der Waals surface area (Å²) in [4.78, 5) is 11.1. The lowest BCUT2D eigenvalue weighted by molar-refractivity contribution is -0.138. The molecule has 0 fully saturated rings. The summed E-state index contributed by atoms with van der Waals surface area (Å²) in [7, 11) is 0. The number of aliphatic carboxylic acids is 1. The highest BCUT2D eigenvalue weighted by Gasteiger charge is 2.26. The fourth-order valence-electron chi connectivity index (χ4n) is 2.64. The van der Waals surface area contributed by atoms with Crippen LogP contribution in [0.15, 0.2) is 18.2 Å². The molecule has 0 aliphatic carbocycles. The van der Waals surface area contributed by atoms with Gasteiger partial charge in [0.1, 0.15) is 11.9 Å². The third-order valence-electron chi connectivity index (χ3n) is 3.37. The minimum absolute atomic E-state index is 0.0963. The van der Waals surface area contributed by atoms with Crippen molar-refractivity contribution >= 4 is 16.9 Å². The van der Waals surface area contributed by atoms with E-state index in [9.17, 15) is 9.18 Å². The van der Waals surface area contributed by atoms with Gasteiger partial charge >= 0.3 is 5.97 Å². The van der Waals surface area contributed by atoms with Crippen molar-refractivity contribution in [2.24, 2.45) is 5.73 Å². The van der Waals surface area contributed by atoms with Crippen molar-refractivity contribution in [2.75, 3.05) is 0 Å². The second kappa shape index (κ2) is 4.66. The molecule has 2 aromatic rings. The monoisotopic (exact) mass is 264 g/mol. The number of hydrogen-bond acceptors (Lipinski definition) is 2. The van der Waals surface area contributed by atoms with Crippen molar-refractivity contribution in [3.05, 3.63) is 35.3 Å². The number of aromatic nitrogens is 1. The van der Waals surface area contributed by atoms with Crippen LogP contribution in [0.4, 0.5) is 4.39 Å². The van der Waals surface area contributed by atoms with Crippen molar-refractivity contribution in [1.82, 2.24) is 4.57 Å². The van der Waals surface area contributed by atoms with Crippen molar-refractivity contribution in [1.29, 1.82) is 0 Å². The van der Waals surface area contributed by atoms with Crippen LogP contribution < -0.4 is 5.73 Å². The Morgan fingerprint density at radius 3 is 2.58 bits per heavy atom. The van der Waals surface area contributed by atoms with Gasteiger partial charge in [0.25, 0.3) is 0 Å². The predicted molar refractivity (Wildman–Crippen MR) is 71.6 cm³/mol. The number of rotatable bonds is 3. The van der Waals surface area contributed by atoms with E-state index in [2.05, 4.69) is 0 Å². The van der Waals surface area contributed by atoms with Crippen LogP contribution in [0.1, 0.15) is 37.2 Å². The predicted octanol–water partition coefficient (Wildman–Crippen LogP) is 2.75. The Morgan fingerprint density at radius 1 is 1.42 bits per heavy atom. The van der Waals surface area contributed by atoms with Gasteiger partial charge in [-0.15, -0.1) is 0 Å². The first kappa shape index (κ1) is 13.5. The molecule has 0 amide bonds. The molecule has 3 N–H and O–H groups in total. The lowest BCUT2D eigenvalue weighted by Gasteiger charge is -2.13. The van der Waals surface area contributed by atoms with E-state index in [-0.39, 0.29) is 6.04 Å². The van der Waals surface area contributed by atoms with Crippen molar-refractivity contribution in [2.45, 2.75) is 32.9 Å². The zero-order valence-electron chi connectivity index (χ0n) is 11.1. The molecule has 1 heterocycles. The van der Waals surface area contributed by atoms with Crippen LogP contribution in [0.2, 0.25) is 0 Å². The van der Waals surface area contributed by atoms with E-state index in [1.54, 1.807) is 19.1 Å². The Labute approximate surface area is 110 Å². The molecule has 1 atom stereocenters. The Hall–Kier alpha value is -1.88. The third kappa shape index (κ3) is 2.00. The molecule has 1 unspecified atom stereocenters. The number of nitrogens with zero attached hydrogens (tertiary/aromatic N) is 1. The summed E-state index contributed by atoms with van der Waals surface area (Å²) in [5.74, 6) is -1.60. The van der Waals surface area contributed by atoms with Gasteiger partial charge in [-0.2, -0.15) is 0 Å². The lowest BCUT2D eigenvalue weighted by atomic mass is 10.0. The normalized spacial score (nSPS) is 13.2. The Kier molecular flexibility index (Phi) is 3.32. The average Bonchev–Trinajstić information content (AvgIpc) is 2.61. The number of carboxylic acids is 1. The van der Waals surface area contributed by atoms with Gasteiger partial charge in [-0.3, -0.25) is 4.79 Å². The van der Waals surface area contributed by atoms with Gasteiger partial charge in [0.15, 0.2) is 0 Å². The minimum atomic E-state index is -1.22. The van der Waals surface area contributed by atoms with Crippen molar-refractivity contribution in [3.8, 4) is 0 Å². The van der Waals surface area contributed by atoms with Gasteiger partial charge in [-0.25, -0.2) is 4.39 Å². The number of benzene rings is 1. The number of halogens is 1. The fourth-order valence-corrected chi connectivity index (χ4v) is 2.64. The first-order valence-corrected chi connectivity index (χ1v) is 6.13. The van der Waals surface area contributed by atoms with E-state index in [4.69, 9.17) is 10.8 Å². The highest BCUT2D eigenvalue weighted by molar-refractivity contribution is 5.91. The zero-order chi connectivity index (χ0) is 14.3. The topological polar surface area (TPSA) is 68.2 Å². The molecule has 2 rings (SSSR count). The van der Waals surface area contributed by atoms with Crippen LogP contribution in [0, 0.1) is 12.7 Å². The van der Waals surface area contributed by atoms with E-state index in [1.165, 1.54) is 6.07 Å². The summed E-state index contributed by atoms with van der Waals surface area (Å²) in [6, 6.07) is 3.60. The van der Waals surface area contributed by atoms with Crippen LogP contribution in [0.5, 0.6) is 0 Å². The van der Waals surface area contributed by atoms with Gasteiger partial charge < -0.3 is 15.4 Å². The fraction of sp³-hybridized carbons (Fsp3) is 0.357. The molecule has 1 aromatic carbocycles. The number of hydrogen-bond donors (Lipinski definition) is 2. The molecule has 0 saturated heterocycles. The van der Waals surface area contributed by atoms with Crippen LogP contribution in [0.3, 0.4) is 0 Å². The summed E-state index contributed by atoms with van der Waals surface area (Å²) >= 11 is 0. The summed E-state index contributed by atoms with van der Waals surface area (Å²) < 4.78 is 16.0. The van der Waals surface area contributed by atoms with Crippen LogP contribution >= 0.6 is 0 Å². The molecule has 4 nitrogen and oxygen atoms in total. The van der Waals surface area contributed by atoms with Crippen molar-refractivity contribution < 1.29 is 14.3 Å². The molecule has 0 spiro atoms. The maximum absolute atomic E-state index is 14.1. The average molecular weight is 264 g/mol. The molecule has 0 saturated carbocycles. The summed E-state index contributed by atoms with van der Waals surface area (Å²) in [6.45, 7) is 5.71. The van der Waals surface area contributed by atoms with Crippen LogP contribution in [0.25, 0.3) is 10.9 Å². The molecular weight excluding hydrogens is 247 g/mol. The number of fused-ring (bicyclic) bond motifs is 1. The SMILES string of the molecule is Cc1c(C(N)C(=O)O)c2c(F)cccc2n1C(C)C. The first-order valence-electron chi connectivity index (χ1n) is 6.13. The summed E-state index contributed by atoms with van der Waals surface area (Å²) in [5.41, 5.74) is 7.44. The van der Waals surface area contributed by atoms with E-state index in [0.717, 1.165) is 0 Å². The van der Waals surface area contributed by atoms with Gasteiger partial charge in [-0.1, -0.05) is 6.07 Å². The van der Waals surface area contributed by atoms with Gasteiger partial charge in [0.2, 0.25) is 0 Å². The molecule has 0 bridgehead atoms. The first-order chi connectivity index (χ1) is 8.86. The third-order valence-corrected chi connectivity index (χ3v) is 3.37. The molecule has 5 heteroatoms. The van der Waals surface area contributed by atoms with Gasteiger partial charge in [-0.05, 0) is 32.9 Å². The highest BCUT2D eigenvalue weighted by Crippen LogP contribution is 2.34. The number of nitrogens with two attached hydrogens (primary N) is 1. The van der Waals surface area contributed by atoms with E-state index in [1.807, 2.05) is 18.4 Å². The second-order valence-electron chi connectivity index (χ2n) is 4.91. The van der Waals surface area contributed by atoms with Crippen molar-refractivity contribution in [3.63, 3.8) is 0 Å². The smallest absolute Gasteiger partial charge is 0.325 e. The van der Waals surface area contributed by atoms with Crippen LogP contribution in [-0.4, -0.2) is 15.6 Å². The number of carbonyl (C=O) groups is 1. The van der Waals surface area contributed by atoms with E-state index >= 15 is 0 Å². The van der Waals surface area contributed by atoms with Crippen LogP contribution in [-0.2, 0) is 4.79 Å². The molecule has 0 radical (unpaired) electrons. The zero-order valence-corrected chi connectivity index (χ0v) is 11.1. The Bertz CT molecular complexity index is 646. The Balaban J connectivity index is 2.90. The molecule has 1 aromatic heterocycles. The molecule has 102 valence electrons. The largest absolute Gasteiger partial charge is 0.480 e. The van der Waals surface area contributed by atoms with Gasteiger partial charge in [0.05, 0.1) is 5.52 Å². The highest BCUT2D eigenvalue weighted by atomic mass is 19.1. The molecule has 0 aliphatic rings. The van der Waals surface area contributed by atoms with Gasteiger partial charge in [0, 0.05) is 22.7 Å². The molecular formula is C14H17FN2O2. The maximum atomic E-state index is 14.1. The number of carboxylic acid groups (broad SMARTS) is 1. The molecule has 0 aliphatic heterocycles. The lowest BCUT2D eigenvalue weighted by Crippen LogP contribution is -2.21. The second-order valence-corrected chi connectivity index (χ2v) is 4.91. The van der Waals surface area contributed by atoms with E-state index < -0.39 is 17.8 Å². The summed E-state index contributed by atoms with van der Waals surface area (Å²) in [6.07, 6.45) is 0. The minimum Gasteiger partial charge on any atom is -0.480 e.